The number of para-hydroxylation sites is 2. The van der Waals surface area contributed by atoms with Crippen molar-refractivity contribution < 1.29 is 14.3 Å². The molecule has 9 nitrogen and oxygen atoms in total. The summed E-state index contributed by atoms with van der Waals surface area (Å²) in [6.07, 6.45) is 3.43. The van der Waals surface area contributed by atoms with Gasteiger partial charge in [-0.3, -0.25) is 9.78 Å². The van der Waals surface area contributed by atoms with Crippen molar-refractivity contribution in [3.63, 3.8) is 0 Å². The molecule has 0 spiro atoms. The van der Waals surface area contributed by atoms with E-state index in [0.29, 0.717) is 40.2 Å². The van der Waals surface area contributed by atoms with Crippen LogP contribution in [0, 0.1) is 0 Å². The molecule has 3 heterocycles. The van der Waals surface area contributed by atoms with Gasteiger partial charge in [-0.15, -0.1) is 5.10 Å². The van der Waals surface area contributed by atoms with E-state index in [1.807, 2.05) is 55.5 Å². The van der Waals surface area contributed by atoms with Gasteiger partial charge in [0.25, 0.3) is 5.91 Å². The Labute approximate surface area is 202 Å². The number of allylic oxidation sites excluding steroid dienone is 1. The molecule has 0 radical (unpaired) electrons. The van der Waals surface area contributed by atoms with Gasteiger partial charge in [-0.05, 0) is 42.8 Å². The molecule has 0 aliphatic carbocycles. The smallest absolute Gasteiger partial charge is 0.255 e. The number of carbonyl (C=O) groups excluding carboxylic acids is 1. The number of hydrogen-bond donors (Lipinski definition) is 2. The van der Waals surface area contributed by atoms with E-state index >= 15 is 0 Å². The maximum atomic E-state index is 13.6. The van der Waals surface area contributed by atoms with Crippen LogP contribution in [0.15, 0.2) is 84.3 Å². The van der Waals surface area contributed by atoms with Crippen molar-refractivity contribution in [3.05, 3.63) is 89.9 Å². The van der Waals surface area contributed by atoms with Crippen molar-refractivity contribution in [2.75, 3.05) is 24.9 Å². The summed E-state index contributed by atoms with van der Waals surface area (Å²) in [5.41, 5.74) is 3.35. The third-order valence-corrected chi connectivity index (χ3v) is 5.78. The van der Waals surface area contributed by atoms with Crippen LogP contribution in [0.25, 0.3) is 11.4 Å². The molecule has 1 amide bonds. The van der Waals surface area contributed by atoms with Gasteiger partial charge >= 0.3 is 0 Å². The summed E-state index contributed by atoms with van der Waals surface area (Å²) in [6, 6.07) is 18.0. The first-order valence-electron chi connectivity index (χ1n) is 11.0. The SMILES string of the molecule is COc1cccc(-c2nc3n(n2)C(c2cccnc2)C(C(=O)Nc2ccccc2OC)=C(C)N3)c1. The van der Waals surface area contributed by atoms with Gasteiger partial charge in [-0.1, -0.05) is 30.3 Å². The molecule has 176 valence electrons. The molecule has 2 aromatic heterocycles. The Morgan fingerprint density at radius 1 is 1.06 bits per heavy atom. The topological polar surface area (TPSA) is 103 Å². The maximum absolute atomic E-state index is 13.6. The molecule has 2 aromatic carbocycles. The third-order valence-electron chi connectivity index (χ3n) is 5.78. The predicted molar refractivity (Wildman–Crippen MR) is 132 cm³/mol. The number of nitrogens with one attached hydrogen (secondary N) is 2. The van der Waals surface area contributed by atoms with Crippen LogP contribution in [-0.2, 0) is 4.79 Å². The van der Waals surface area contributed by atoms with Crippen molar-refractivity contribution in [2.24, 2.45) is 0 Å². The van der Waals surface area contributed by atoms with Crippen LogP contribution in [0.3, 0.4) is 0 Å². The standard InChI is InChI=1S/C26H24N6O3/c1-16-22(25(33)29-20-11-4-5-12-21(20)35-3)23(18-9-7-13-27-15-18)32-26(28-16)30-24(31-32)17-8-6-10-19(14-17)34-2/h4-15,23H,1-3H3,(H,29,33)(H,28,30,31). The Morgan fingerprint density at radius 2 is 1.91 bits per heavy atom. The average Bonchev–Trinajstić information content (AvgIpc) is 3.32. The van der Waals surface area contributed by atoms with E-state index in [0.717, 1.165) is 11.1 Å². The fourth-order valence-corrected chi connectivity index (χ4v) is 4.11. The zero-order valence-corrected chi connectivity index (χ0v) is 19.5. The summed E-state index contributed by atoms with van der Waals surface area (Å²) in [4.78, 5) is 22.6. The number of hydrogen-bond acceptors (Lipinski definition) is 7. The van der Waals surface area contributed by atoms with Gasteiger partial charge in [0.05, 0.1) is 25.5 Å². The molecule has 5 rings (SSSR count). The van der Waals surface area contributed by atoms with Crippen LogP contribution < -0.4 is 20.1 Å². The largest absolute Gasteiger partial charge is 0.497 e. The highest BCUT2D eigenvalue weighted by Gasteiger charge is 2.35. The van der Waals surface area contributed by atoms with Crippen molar-refractivity contribution >= 4 is 17.5 Å². The van der Waals surface area contributed by atoms with Gasteiger partial charge in [0.15, 0.2) is 5.82 Å². The summed E-state index contributed by atoms with van der Waals surface area (Å²) in [7, 11) is 3.18. The number of benzene rings is 2. The molecule has 4 aromatic rings. The van der Waals surface area contributed by atoms with Gasteiger partial charge < -0.3 is 20.1 Å². The molecular weight excluding hydrogens is 444 g/mol. The Hall–Kier alpha value is -4.66. The van der Waals surface area contributed by atoms with E-state index in [1.54, 1.807) is 43.4 Å². The lowest BCUT2D eigenvalue weighted by Gasteiger charge is -2.28. The minimum atomic E-state index is -0.540. The number of nitrogens with zero attached hydrogens (tertiary/aromatic N) is 4. The fourth-order valence-electron chi connectivity index (χ4n) is 4.11. The number of fused-ring (bicyclic) bond motifs is 1. The van der Waals surface area contributed by atoms with Gasteiger partial charge in [0.1, 0.15) is 17.5 Å². The molecule has 1 aliphatic rings. The van der Waals surface area contributed by atoms with E-state index in [2.05, 4.69) is 15.6 Å². The van der Waals surface area contributed by atoms with Crippen LogP contribution in [0.1, 0.15) is 18.5 Å². The van der Waals surface area contributed by atoms with Crippen LogP contribution in [0.2, 0.25) is 0 Å². The number of rotatable bonds is 6. The van der Waals surface area contributed by atoms with E-state index in [1.165, 1.54) is 0 Å². The molecule has 0 saturated carbocycles. The number of methoxy groups -OCH3 is 2. The zero-order chi connectivity index (χ0) is 24.4. The highest BCUT2D eigenvalue weighted by Crippen LogP contribution is 2.37. The summed E-state index contributed by atoms with van der Waals surface area (Å²) >= 11 is 0. The minimum absolute atomic E-state index is 0.280. The molecule has 9 heteroatoms. The molecule has 0 saturated heterocycles. The Kier molecular flexibility index (Phi) is 5.88. The number of anilines is 2. The molecule has 2 N–H and O–H groups in total. The molecule has 1 aliphatic heterocycles. The van der Waals surface area contributed by atoms with Gasteiger partial charge in [-0.25, -0.2) is 4.68 Å². The number of amides is 1. The summed E-state index contributed by atoms with van der Waals surface area (Å²) < 4.78 is 12.5. The second kappa shape index (κ2) is 9.30. The van der Waals surface area contributed by atoms with E-state index < -0.39 is 6.04 Å². The highest BCUT2D eigenvalue weighted by atomic mass is 16.5. The quantitative estimate of drug-likeness (QED) is 0.435. The van der Waals surface area contributed by atoms with Gasteiger partial charge in [0, 0.05) is 23.7 Å². The van der Waals surface area contributed by atoms with E-state index in [9.17, 15) is 4.79 Å². The lowest BCUT2D eigenvalue weighted by molar-refractivity contribution is -0.113. The number of aromatic nitrogens is 4. The molecule has 0 bridgehead atoms. The Balaban J connectivity index is 1.58. The summed E-state index contributed by atoms with van der Waals surface area (Å²) in [6.45, 7) is 1.85. The summed E-state index contributed by atoms with van der Waals surface area (Å²) in [5.74, 6) is 2.04. The number of ether oxygens (including phenoxy) is 2. The van der Waals surface area contributed by atoms with E-state index in [-0.39, 0.29) is 5.91 Å². The first kappa shape index (κ1) is 22.1. The van der Waals surface area contributed by atoms with Crippen molar-refractivity contribution in [3.8, 4) is 22.9 Å². The number of pyridine rings is 1. The molecule has 1 unspecified atom stereocenters. The second-order valence-corrected chi connectivity index (χ2v) is 7.94. The van der Waals surface area contributed by atoms with Gasteiger partial charge in [-0.2, -0.15) is 4.98 Å². The summed E-state index contributed by atoms with van der Waals surface area (Å²) in [5, 5.41) is 11.0. The van der Waals surface area contributed by atoms with Crippen LogP contribution >= 0.6 is 0 Å². The predicted octanol–water partition coefficient (Wildman–Crippen LogP) is 4.28. The normalized spacial score (nSPS) is 14.7. The van der Waals surface area contributed by atoms with Crippen molar-refractivity contribution in [2.45, 2.75) is 13.0 Å². The Bertz CT molecular complexity index is 1410. The van der Waals surface area contributed by atoms with Gasteiger partial charge in [0.2, 0.25) is 5.95 Å². The Morgan fingerprint density at radius 3 is 2.69 bits per heavy atom. The van der Waals surface area contributed by atoms with Crippen molar-refractivity contribution in [1.82, 2.24) is 19.7 Å². The monoisotopic (exact) mass is 468 g/mol. The van der Waals surface area contributed by atoms with Crippen LogP contribution in [-0.4, -0.2) is 39.9 Å². The molecule has 0 fully saturated rings. The molecule has 35 heavy (non-hydrogen) atoms. The average molecular weight is 469 g/mol. The highest BCUT2D eigenvalue weighted by molar-refractivity contribution is 6.06. The second-order valence-electron chi connectivity index (χ2n) is 7.94. The van der Waals surface area contributed by atoms with E-state index in [4.69, 9.17) is 19.6 Å². The van der Waals surface area contributed by atoms with Crippen LogP contribution in [0.5, 0.6) is 11.5 Å². The molecular formula is C26H24N6O3. The zero-order valence-electron chi connectivity index (χ0n) is 19.5. The molecule has 1 atom stereocenters. The number of carbonyl (C=O) groups is 1. The van der Waals surface area contributed by atoms with Crippen LogP contribution in [0.4, 0.5) is 11.6 Å². The lowest BCUT2D eigenvalue weighted by atomic mass is 9.96. The minimum Gasteiger partial charge on any atom is -0.497 e. The third kappa shape index (κ3) is 4.19. The first-order chi connectivity index (χ1) is 17.1. The fraction of sp³-hybridized carbons (Fsp3) is 0.154. The first-order valence-corrected chi connectivity index (χ1v) is 11.0. The van der Waals surface area contributed by atoms with Crippen molar-refractivity contribution in [1.29, 1.82) is 0 Å². The lowest BCUT2D eigenvalue weighted by Crippen LogP contribution is -2.31. The maximum Gasteiger partial charge on any atom is 0.255 e.